The van der Waals surface area contributed by atoms with Crippen LogP contribution in [0.1, 0.15) is 0 Å². The van der Waals surface area contributed by atoms with Gasteiger partial charge in [0.05, 0.1) is 5.69 Å². The van der Waals surface area contributed by atoms with Crippen molar-refractivity contribution in [2.75, 3.05) is 0 Å². The van der Waals surface area contributed by atoms with Crippen LogP contribution in [0.4, 0.5) is 0 Å². The molecule has 0 saturated carbocycles. The van der Waals surface area contributed by atoms with E-state index in [0.717, 1.165) is 26.3 Å². The van der Waals surface area contributed by atoms with Crippen LogP contribution < -0.4 is 0 Å². The molecule has 0 atom stereocenters. The minimum absolute atomic E-state index is 0.770. The van der Waals surface area contributed by atoms with Crippen molar-refractivity contribution in [1.29, 1.82) is 0 Å². The van der Waals surface area contributed by atoms with Gasteiger partial charge in [-0.1, -0.05) is 60.7 Å². The van der Waals surface area contributed by atoms with E-state index in [2.05, 4.69) is 44.7 Å². The molecule has 0 aliphatic carbocycles. The zero-order chi connectivity index (χ0) is 13.1. The van der Waals surface area contributed by atoms with E-state index in [1.807, 2.05) is 54.6 Å². The fraction of sp³-hybridized carbons (Fsp3) is 0. The number of rotatable bonds is 2. The molecule has 0 saturated heterocycles. The van der Waals surface area contributed by atoms with Crippen molar-refractivity contribution in [2.24, 2.45) is 0 Å². The molecular formula is C16H11IN2. The molecule has 0 bridgehead atoms. The maximum atomic E-state index is 4.66. The lowest BCUT2D eigenvalue weighted by Crippen LogP contribution is -1.94. The molecule has 92 valence electrons. The Hall–Kier alpha value is -1.75. The van der Waals surface area contributed by atoms with Crippen molar-refractivity contribution >= 4 is 22.6 Å². The highest BCUT2D eigenvalue weighted by Gasteiger charge is 2.06. The third-order valence-corrected chi connectivity index (χ3v) is 3.35. The highest BCUT2D eigenvalue weighted by atomic mass is 127. The molecule has 0 aliphatic heterocycles. The molecule has 3 rings (SSSR count). The van der Waals surface area contributed by atoms with Gasteiger partial charge >= 0.3 is 0 Å². The van der Waals surface area contributed by atoms with Crippen molar-refractivity contribution in [2.45, 2.75) is 0 Å². The molecule has 0 fully saturated rings. The molecule has 19 heavy (non-hydrogen) atoms. The number of hydrogen-bond acceptors (Lipinski definition) is 2. The third kappa shape index (κ3) is 2.81. The first-order valence-corrected chi connectivity index (χ1v) is 7.06. The summed E-state index contributed by atoms with van der Waals surface area (Å²) in [4.78, 5) is 9.16. The fourth-order valence-electron chi connectivity index (χ4n) is 1.89. The topological polar surface area (TPSA) is 25.8 Å². The van der Waals surface area contributed by atoms with Crippen LogP contribution >= 0.6 is 22.6 Å². The summed E-state index contributed by atoms with van der Waals surface area (Å²) in [6.07, 6.45) is 0. The zero-order valence-corrected chi connectivity index (χ0v) is 12.3. The summed E-state index contributed by atoms with van der Waals surface area (Å²) in [5.41, 5.74) is 3.11. The van der Waals surface area contributed by atoms with Crippen molar-refractivity contribution in [3.05, 3.63) is 70.4 Å². The Morgan fingerprint density at radius 3 is 1.89 bits per heavy atom. The molecule has 0 radical (unpaired) electrons. The van der Waals surface area contributed by atoms with Crippen molar-refractivity contribution in [3.63, 3.8) is 0 Å². The van der Waals surface area contributed by atoms with Crippen LogP contribution in [0, 0.1) is 3.70 Å². The molecule has 0 unspecified atom stereocenters. The Morgan fingerprint density at radius 1 is 0.684 bits per heavy atom. The van der Waals surface area contributed by atoms with Crippen molar-refractivity contribution in [3.8, 4) is 22.6 Å². The highest BCUT2D eigenvalue weighted by Crippen LogP contribution is 2.22. The number of benzene rings is 2. The SMILES string of the molecule is Ic1cc(-c2ccccc2)nc(-c2ccccc2)n1. The summed E-state index contributed by atoms with van der Waals surface area (Å²) in [5, 5.41) is 0. The molecule has 0 amide bonds. The molecular weight excluding hydrogens is 347 g/mol. The monoisotopic (exact) mass is 358 g/mol. The Balaban J connectivity index is 2.12. The predicted octanol–water partition coefficient (Wildman–Crippen LogP) is 4.42. The maximum Gasteiger partial charge on any atom is 0.160 e. The Kier molecular flexibility index (Phi) is 3.55. The third-order valence-electron chi connectivity index (χ3n) is 2.80. The molecule has 2 nitrogen and oxygen atoms in total. The summed E-state index contributed by atoms with van der Waals surface area (Å²) in [7, 11) is 0. The van der Waals surface area contributed by atoms with E-state index >= 15 is 0 Å². The van der Waals surface area contributed by atoms with Gasteiger partial charge in [-0.15, -0.1) is 0 Å². The first-order valence-electron chi connectivity index (χ1n) is 5.98. The normalized spacial score (nSPS) is 10.4. The quantitative estimate of drug-likeness (QED) is 0.501. The van der Waals surface area contributed by atoms with Crippen LogP contribution in [0.3, 0.4) is 0 Å². The molecule has 0 aliphatic rings. The van der Waals surface area contributed by atoms with Gasteiger partial charge in [0.1, 0.15) is 3.70 Å². The second kappa shape index (κ2) is 5.48. The summed E-state index contributed by atoms with van der Waals surface area (Å²) in [6, 6.07) is 22.2. The smallest absolute Gasteiger partial charge is 0.160 e. The molecule has 2 aromatic carbocycles. The predicted molar refractivity (Wildman–Crippen MR) is 85.6 cm³/mol. The van der Waals surface area contributed by atoms with Gasteiger partial charge < -0.3 is 0 Å². The number of hydrogen-bond donors (Lipinski definition) is 0. The zero-order valence-electron chi connectivity index (χ0n) is 10.1. The fourth-order valence-corrected chi connectivity index (χ4v) is 2.41. The second-order valence-electron chi connectivity index (χ2n) is 4.13. The first kappa shape index (κ1) is 12.3. The van der Waals surface area contributed by atoms with E-state index < -0.39 is 0 Å². The molecule has 3 aromatic rings. The van der Waals surface area contributed by atoms with E-state index in [4.69, 9.17) is 0 Å². The van der Waals surface area contributed by atoms with Crippen molar-refractivity contribution < 1.29 is 0 Å². The minimum Gasteiger partial charge on any atom is -0.228 e. The summed E-state index contributed by atoms with van der Waals surface area (Å²) < 4.78 is 0.949. The van der Waals surface area contributed by atoms with Crippen LogP contribution in [0.5, 0.6) is 0 Å². The van der Waals surface area contributed by atoms with E-state index in [9.17, 15) is 0 Å². The van der Waals surface area contributed by atoms with E-state index in [1.165, 1.54) is 0 Å². The van der Waals surface area contributed by atoms with Crippen LogP contribution in [0.15, 0.2) is 66.7 Å². The standard InChI is InChI=1S/C16H11IN2/c17-15-11-14(12-7-3-1-4-8-12)18-16(19-15)13-9-5-2-6-10-13/h1-11H. The van der Waals surface area contributed by atoms with Gasteiger partial charge in [-0.25, -0.2) is 9.97 Å². The largest absolute Gasteiger partial charge is 0.228 e. The van der Waals surface area contributed by atoms with Gasteiger partial charge in [-0.2, -0.15) is 0 Å². The Morgan fingerprint density at radius 2 is 1.26 bits per heavy atom. The minimum atomic E-state index is 0.770. The van der Waals surface area contributed by atoms with Crippen LogP contribution in [0.25, 0.3) is 22.6 Å². The maximum absolute atomic E-state index is 4.66. The Labute approximate surface area is 125 Å². The van der Waals surface area contributed by atoms with E-state index in [1.54, 1.807) is 0 Å². The molecule has 3 heteroatoms. The van der Waals surface area contributed by atoms with Gasteiger partial charge in [0.15, 0.2) is 5.82 Å². The Bertz CT molecular complexity index is 624. The number of nitrogens with zero attached hydrogens (tertiary/aromatic N) is 2. The van der Waals surface area contributed by atoms with E-state index in [-0.39, 0.29) is 0 Å². The van der Waals surface area contributed by atoms with Gasteiger partial charge in [0.2, 0.25) is 0 Å². The first-order chi connectivity index (χ1) is 9.33. The lowest BCUT2D eigenvalue weighted by Gasteiger charge is -2.05. The summed E-state index contributed by atoms with van der Waals surface area (Å²) >= 11 is 2.23. The molecule has 1 heterocycles. The lowest BCUT2D eigenvalue weighted by molar-refractivity contribution is 1.15. The van der Waals surface area contributed by atoms with Gasteiger partial charge in [0, 0.05) is 11.1 Å². The van der Waals surface area contributed by atoms with Crippen LogP contribution in [-0.2, 0) is 0 Å². The van der Waals surface area contributed by atoms with Gasteiger partial charge in [-0.3, -0.25) is 0 Å². The number of aromatic nitrogens is 2. The average Bonchev–Trinajstić information content (AvgIpc) is 2.48. The number of halogens is 1. The average molecular weight is 358 g/mol. The summed E-state index contributed by atoms with van der Waals surface area (Å²) in [6.45, 7) is 0. The van der Waals surface area contributed by atoms with Crippen LogP contribution in [0.2, 0.25) is 0 Å². The molecule has 0 N–H and O–H groups in total. The van der Waals surface area contributed by atoms with Crippen LogP contribution in [-0.4, -0.2) is 9.97 Å². The molecule has 1 aromatic heterocycles. The van der Waals surface area contributed by atoms with Gasteiger partial charge in [0.25, 0.3) is 0 Å². The highest BCUT2D eigenvalue weighted by molar-refractivity contribution is 14.1. The lowest BCUT2D eigenvalue weighted by atomic mass is 10.1. The van der Waals surface area contributed by atoms with Gasteiger partial charge in [-0.05, 0) is 28.7 Å². The van der Waals surface area contributed by atoms with E-state index in [0.29, 0.717) is 0 Å². The molecule has 0 spiro atoms. The summed E-state index contributed by atoms with van der Waals surface area (Å²) in [5.74, 6) is 0.770. The van der Waals surface area contributed by atoms with Crippen molar-refractivity contribution in [1.82, 2.24) is 9.97 Å². The second-order valence-corrected chi connectivity index (χ2v) is 5.24.